The summed E-state index contributed by atoms with van der Waals surface area (Å²) in [6, 6.07) is 8.80. The topological polar surface area (TPSA) is 33.4 Å². The van der Waals surface area contributed by atoms with Crippen molar-refractivity contribution in [1.82, 2.24) is 14.5 Å². The van der Waals surface area contributed by atoms with Gasteiger partial charge in [0.15, 0.2) is 5.17 Å². The zero-order valence-corrected chi connectivity index (χ0v) is 14.8. The van der Waals surface area contributed by atoms with E-state index in [1.165, 1.54) is 22.1 Å². The summed E-state index contributed by atoms with van der Waals surface area (Å²) < 4.78 is 2.27. The Balaban J connectivity index is 1.82. The lowest BCUT2D eigenvalue weighted by Crippen LogP contribution is -2.28. The maximum atomic E-state index is 5.04. The molecule has 0 aromatic carbocycles. The Kier molecular flexibility index (Phi) is 3.48. The van der Waals surface area contributed by atoms with Gasteiger partial charge in [-0.25, -0.2) is 0 Å². The first-order valence-electron chi connectivity index (χ1n) is 8.11. The van der Waals surface area contributed by atoms with Crippen LogP contribution in [0.4, 0.5) is 0 Å². The number of hydrogen-bond donors (Lipinski definition) is 0. The number of rotatable bonds is 2. The number of pyridine rings is 1. The Morgan fingerprint density at radius 1 is 1.26 bits per heavy atom. The second kappa shape index (κ2) is 5.41. The van der Waals surface area contributed by atoms with Gasteiger partial charge < -0.3 is 9.47 Å². The van der Waals surface area contributed by atoms with Crippen LogP contribution in [-0.4, -0.2) is 31.4 Å². The molecule has 0 bridgehead atoms. The fraction of sp³-hybridized carbons (Fsp3) is 0.444. The predicted molar refractivity (Wildman–Crippen MR) is 95.8 cm³/mol. The van der Waals surface area contributed by atoms with E-state index < -0.39 is 0 Å². The van der Waals surface area contributed by atoms with Gasteiger partial charge in [-0.1, -0.05) is 24.8 Å². The first-order chi connectivity index (χ1) is 11.1. The van der Waals surface area contributed by atoms with Crippen molar-refractivity contribution < 1.29 is 0 Å². The van der Waals surface area contributed by atoms with E-state index in [1.54, 1.807) is 0 Å². The van der Waals surface area contributed by atoms with Gasteiger partial charge in [0, 0.05) is 36.4 Å². The summed E-state index contributed by atoms with van der Waals surface area (Å²) in [6.45, 7) is 7.72. The summed E-state index contributed by atoms with van der Waals surface area (Å²) in [5.41, 5.74) is 5.07. The van der Waals surface area contributed by atoms with Gasteiger partial charge in [0.1, 0.15) is 6.04 Å². The zero-order valence-electron chi connectivity index (χ0n) is 14.0. The molecule has 23 heavy (non-hydrogen) atoms. The number of nitrogens with zero attached hydrogens (tertiary/aromatic N) is 4. The highest BCUT2D eigenvalue weighted by atomic mass is 32.2. The fourth-order valence-electron chi connectivity index (χ4n) is 3.64. The maximum absolute atomic E-state index is 5.04. The summed E-state index contributed by atoms with van der Waals surface area (Å²) in [5.74, 6) is 0. The summed E-state index contributed by atoms with van der Waals surface area (Å²) in [4.78, 5) is 12.1. The number of hydrogen-bond acceptors (Lipinski definition) is 4. The smallest absolute Gasteiger partial charge is 0.160 e. The third-order valence-electron chi connectivity index (χ3n) is 5.01. The fourth-order valence-corrected chi connectivity index (χ4v) is 4.73. The molecule has 0 aliphatic carbocycles. The SMILES string of the molecule is Cc1cc([C@H]2[C@H](c3ccccn3)N=C3S[C@@H](C)CN32)c(C)n1C. The van der Waals surface area contributed by atoms with E-state index in [0.29, 0.717) is 5.25 Å². The molecule has 0 saturated carbocycles. The molecule has 2 aliphatic rings. The average Bonchev–Trinajstić information content (AvgIpc) is 3.15. The quantitative estimate of drug-likeness (QED) is 0.845. The van der Waals surface area contributed by atoms with E-state index in [0.717, 1.165) is 12.2 Å². The van der Waals surface area contributed by atoms with Crippen molar-refractivity contribution in [2.75, 3.05) is 6.54 Å². The van der Waals surface area contributed by atoms with Crippen molar-refractivity contribution in [3.05, 3.63) is 53.1 Å². The molecule has 0 radical (unpaired) electrons. The standard InChI is InChI=1S/C18H22N4S/c1-11-9-14(13(3)21(11)4)17-16(15-7-5-6-8-19-15)20-18-22(17)10-12(2)23-18/h5-9,12,16-17H,10H2,1-4H3/t12-,16-,17-/m0/s1. The van der Waals surface area contributed by atoms with Crippen molar-refractivity contribution in [3.63, 3.8) is 0 Å². The highest BCUT2D eigenvalue weighted by molar-refractivity contribution is 8.14. The summed E-state index contributed by atoms with van der Waals surface area (Å²) >= 11 is 1.89. The van der Waals surface area contributed by atoms with Crippen LogP contribution in [0.3, 0.4) is 0 Å². The minimum absolute atomic E-state index is 0.0895. The van der Waals surface area contributed by atoms with Crippen LogP contribution >= 0.6 is 11.8 Å². The second-order valence-electron chi connectivity index (χ2n) is 6.52. The van der Waals surface area contributed by atoms with Crippen LogP contribution in [0.5, 0.6) is 0 Å². The Hall–Kier alpha value is -1.75. The molecule has 0 unspecified atom stereocenters. The van der Waals surface area contributed by atoms with Gasteiger partial charge in [0.25, 0.3) is 0 Å². The Bertz CT molecular complexity index is 765. The number of thioether (sulfide) groups is 1. The maximum Gasteiger partial charge on any atom is 0.160 e. The van der Waals surface area contributed by atoms with E-state index >= 15 is 0 Å². The summed E-state index contributed by atoms with van der Waals surface area (Å²) in [6.07, 6.45) is 1.87. The lowest BCUT2D eigenvalue weighted by Gasteiger charge is -2.27. The van der Waals surface area contributed by atoms with Gasteiger partial charge in [-0.2, -0.15) is 0 Å². The Morgan fingerprint density at radius 3 is 2.74 bits per heavy atom. The van der Waals surface area contributed by atoms with Gasteiger partial charge in [0.2, 0.25) is 0 Å². The van der Waals surface area contributed by atoms with Gasteiger partial charge in [-0.05, 0) is 37.6 Å². The van der Waals surface area contributed by atoms with Crippen molar-refractivity contribution in [2.24, 2.45) is 12.0 Å². The minimum Gasteiger partial charge on any atom is -0.352 e. The summed E-state index contributed by atoms with van der Waals surface area (Å²) in [7, 11) is 2.14. The molecule has 2 aromatic heterocycles. The van der Waals surface area contributed by atoms with Crippen molar-refractivity contribution in [2.45, 2.75) is 38.1 Å². The minimum atomic E-state index is 0.0895. The van der Waals surface area contributed by atoms with Gasteiger partial charge in [0.05, 0.1) is 11.7 Å². The largest absolute Gasteiger partial charge is 0.352 e. The predicted octanol–water partition coefficient (Wildman–Crippen LogP) is 3.63. The molecule has 3 atom stereocenters. The third kappa shape index (κ3) is 2.29. The van der Waals surface area contributed by atoms with E-state index in [9.17, 15) is 0 Å². The third-order valence-corrected chi connectivity index (χ3v) is 6.12. The molecule has 4 heterocycles. The number of aliphatic imine (C=N–C) groups is 1. The molecular weight excluding hydrogens is 304 g/mol. The van der Waals surface area contributed by atoms with Gasteiger partial charge >= 0.3 is 0 Å². The number of aryl methyl sites for hydroxylation is 1. The number of aromatic nitrogens is 2. The highest BCUT2D eigenvalue weighted by Crippen LogP contribution is 2.48. The van der Waals surface area contributed by atoms with Crippen LogP contribution in [0.2, 0.25) is 0 Å². The second-order valence-corrected chi connectivity index (χ2v) is 7.93. The number of amidine groups is 1. The van der Waals surface area contributed by atoms with E-state index in [4.69, 9.17) is 4.99 Å². The molecule has 1 fully saturated rings. The molecule has 2 aliphatic heterocycles. The first kappa shape index (κ1) is 14.8. The first-order valence-corrected chi connectivity index (χ1v) is 8.99. The van der Waals surface area contributed by atoms with Crippen LogP contribution in [0.15, 0.2) is 35.5 Å². The van der Waals surface area contributed by atoms with E-state index in [1.807, 2.05) is 24.0 Å². The van der Waals surface area contributed by atoms with Crippen LogP contribution in [0.1, 0.15) is 41.7 Å². The van der Waals surface area contributed by atoms with Gasteiger partial charge in [-0.3, -0.25) is 9.98 Å². The van der Waals surface area contributed by atoms with E-state index in [-0.39, 0.29) is 12.1 Å². The molecule has 120 valence electrons. The molecule has 4 nitrogen and oxygen atoms in total. The molecule has 5 heteroatoms. The monoisotopic (exact) mass is 326 g/mol. The molecular formula is C18H22N4S. The lowest BCUT2D eigenvalue weighted by atomic mass is 9.96. The van der Waals surface area contributed by atoms with Crippen LogP contribution in [0, 0.1) is 13.8 Å². The molecule has 1 saturated heterocycles. The highest BCUT2D eigenvalue weighted by Gasteiger charge is 2.44. The van der Waals surface area contributed by atoms with Crippen LogP contribution < -0.4 is 0 Å². The van der Waals surface area contributed by atoms with Gasteiger partial charge in [-0.15, -0.1) is 0 Å². The average molecular weight is 326 g/mol. The molecule has 4 rings (SSSR count). The normalized spacial score (nSPS) is 26.5. The van der Waals surface area contributed by atoms with Crippen molar-refractivity contribution in [1.29, 1.82) is 0 Å². The van der Waals surface area contributed by atoms with E-state index in [2.05, 4.69) is 60.5 Å². The van der Waals surface area contributed by atoms with Crippen LogP contribution in [-0.2, 0) is 7.05 Å². The lowest BCUT2D eigenvalue weighted by molar-refractivity contribution is 0.320. The molecule has 2 aromatic rings. The molecule has 0 N–H and O–H groups in total. The van der Waals surface area contributed by atoms with Crippen LogP contribution in [0.25, 0.3) is 0 Å². The zero-order chi connectivity index (χ0) is 16.1. The number of fused-ring (bicyclic) bond motifs is 1. The van der Waals surface area contributed by atoms with Crippen molar-refractivity contribution >= 4 is 16.9 Å². The Morgan fingerprint density at radius 2 is 2.09 bits per heavy atom. The molecule has 0 spiro atoms. The summed E-state index contributed by atoms with van der Waals surface area (Å²) in [5, 5.41) is 1.78. The Labute approximate surface area is 141 Å². The molecule has 0 amide bonds. The van der Waals surface area contributed by atoms with Crippen molar-refractivity contribution in [3.8, 4) is 0 Å².